The summed E-state index contributed by atoms with van der Waals surface area (Å²) in [4.78, 5) is 61.0. The number of nitrogens with zero attached hydrogens (tertiary/aromatic N) is 1. The molecule has 1 heterocycles. The number of ketones is 1. The molecule has 0 radical (unpaired) electrons. The topological polar surface area (TPSA) is 110 Å². The molecule has 1 atom stereocenters. The number of anilines is 1. The van der Waals surface area contributed by atoms with E-state index in [1.807, 2.05) is 0 Å². The summed E-state index contributed by atoms with van der Waals surface area (Å²) in [6, 6.07) is 10.4. The summed E-state index contributed by atoms with van der Waals surface area (Å²) >= 11 is 0. The SMILES string of the molecule is CC(=O)c1cccc(NC(=O)C(C)OC(=O)c2ccc3c(c2)C(=O)N(C)C3=O)c1. The van der Waals surface area contributed by atoms with E-state index in [0.717, 1.165) is 4.90 Å². The Morgan fingerprint density at radius 2 is 1.66 bits per heavy atom. The molecule has 0 saturated carbocycles. The number of hydrogen-bond acceptors (Lipinski definition) is 6. The molecule has 8 nitrogen and oxygen atoms in total. The number of carbonyl (C=O) groups excluding carboxylic acids is 5. The predicted molar refractivity (Wildman–Crippen MR) is 103 cm³/mol. The number of hydrogen-bond donors (Lipinski definition) is 1. The van der Waals surface area contributed by atoms with Gasteiger partial charge in [-0.3, -0.25) is 24.1 Å². The normalized spacial score (nSPS) is 13.7. The van der Waals surface area contributed by atoms with Crippen LogP contribution in [0.4, 0.5) is 5.69 Å². The van der Waals surface area contributed by atoms with E-state index in [1.54, 1.807) is 18.2 Å². The van der Waals surface area contributed by atoms with Gasteiger partial charge in [0.05, 0.1) is 16.7 Å². The number of carbonyl (C=O) groups is 5. The lowest BCUT2D eigenvalue weighted by Crippen LogP contribution is -2.30. The number of rotatable bonds is 5. The van der Waals surface area contributed by atoms with Crippen molar-refractivity contribution < 1.29 is 28.7 Å². The van der Waals surface area contributed by atoms with Crippen molar-refractivity contribution in [2.24, 2.45) is 0 Å². The summed E-state index contributed by atoms with van der Waals surface area (Å²) < 4.78 is 5.17. The molecule has 0 saturated heterocycles. The van der Waals surface area contributed by atoms with Gasteiger partial charge in [-0.1, -0.05) is 12.1 Å². The molecule has 0 aliphatic carbocycles. The zero-order chi connectivity index (χ0) is 21.3. The van der Waals surface area contributed by atoms with Crippen LogP contribution < -0.4 is 5.32 Å². The van der Waals surface area contributed by atoms with Crippen molar-refractivity contribution in [1.29, 1.82) is 0 Å². The van der Waals surface area contributed by atoms with Crippen LogP contribution in [-0.2, 0) is 9.53 Å². The average molecular weight is 394 g/mol. The number of fused-ring (bicyclic) bond motifs is 1. The van der Waals surface area contributed by atoms with E-state index in [0.29, 0.717) is 11.3 Å². The smallest absolute Gasteiger partial charge is 0.338 e. The lowest BCUT2D eigenvalue weighted by atomic mass is 10.1. The first-order valence-corrected chi connectivity index (χ1v) is 8.78. The molecule has 29 heavy (non-hydrogen) atoms. The molecule has 3 rings (SSSR count). The van der Waals surface area contributed by atoms with Crippen molar-refractivity contribution >= 4 is 35.2 Å². The summed E-state index contributed by atoms with van der Waals surface area (Å²) in [5.74, 6) is -2.47. The second kappa shape index (κ2) is 7.67. The highest BCUT2D eigenvalue weighted by Crippen LogP contribution is 2.23. The molecule has 2 aromatic rings. The summed E-state index contributed by atoms with van der Waals surface area (Å²) in [6.07, 6.45) is -1.13. The largest absolute Gasteiger partial charge is 0.449 e. The Hall–Kier alpha value is -3.81. The van der Waals surface area contributed by atoms with Crippen LogP contribution in [0.1, 0.15) is 55.3 Å². The third-order valence-electron chi connectivity index (χ3n) is 4.52. The standard InChI is InChI=1S/C21H18N2O6/c1-11(24)13-5-4-6-15(9-13)22-18(25)12(2)29-21(28)14-7-8-16-17(10-14)20(27)23(3)19(16)26/h4-10,12H,1-3H3,(H,22,25). The molecule has 0 bridgehead atoms. The molecule has 2 aromatic carbocycles. The van der Waals surface area contributed by atoms with Gasteiger partial charge in [0.2, 0.25) is 0 Å². The van der Waals surface area contributed by atoms with Crippen molar-refractivity contribution in [3.63, 3.8) is 0 Å². The maximum atomic E-state index is 12.4. The molecule has 1 unspecified atom stereocenters. The highest BCUT2D eigenvalue weighted by Gasteiger charge is 2.33. The minimum absolute atomic E-state index is 0.0541. The lowest BCUT2D eigenvalue weighted by Gasteiger charge is -2.14. The van der Waals surface area contributed by atoms with Gasteiger partial charge >= 0.3 is 5.97 Å². The van der Waals surface area contributed by atoms with E-state index < -0.39 is 29.8 Å². The Kier molecular flexibility index (Phi) is 5.27. The highest BCUT2D eigenvalue weighted by molar-refractivity contribution is 6.21. The summed E-state index contributed by atoms with van der Waals surface area (Å²) in [5.41, 5.74) is 1.22. The molecule has 1 N–H and O–H groups in total. The molecule has 148 valence electrons. The van der Waals surface area contributed by atoms with Gasteiger partial charge in [-0.15, -0.1) is 0 Å². The van der Waals surface area contributed by atoms with Gasteiger partial charge < -0.3 is 10.1 Å². The fraction of sp³-hybridized carbons (Fsp3) is 0.190. The molecule has 1 aliphatic rings. The van der Waals surface area contributed by atoms with Crippen LogP contribution in [0.25, 0.3) is 0 Å². The highest BCUT2D eigenvalue weighted by atomic mass is 16.5. The number of benzene rings is 2. The van der Waals surface area contributed by atoms with Gasteiger partial charge in [-0.2, -0.15) is 0 Å². The fourth-order valence-corrected chi connectivity index (χ4v) is 2.83. The summed E-state index contributed by atoms with van der Waals surface area (Å²) in [5, 5.41) is 2.58. The molecular formula is C21H18N2O6. The second-order valence-corrected chi connectivity index (χ2v) is 6.60. The first-order valence-electron chi connectivity index (χ1n) is 8.78. The first-order chi connectivity index (χ1) is 13.7. The molecule has 1 aliphatic heterocycles. The Morgan fingerprint density at radius 3 is 2.34 bits per heavy atom. The van der Waals surface area contributed by atoms with Crippen LogP contribution >= 0.6 is 0 Å². The number of nitrogens with one attached hydrogen (secondary N) is 1. The lowest BCUT2D eigenvalue weighted by molar-refractivity contribution is -0.123. The second-order valence-electron chi connectivity index (χ2n) is 6.60. The van der Waals surface area contributed by atoms with Crippen LogP contribution in [0.15, 0.2) is 42.5 Å². The summed E-state index contributed by atoms with van der Waals surface area (Å²) in [6.45, 7) is 2.82. The van der Waals surface area contributed by atoms with Gasteiger partial charge in [-0.05, 0) is 44.2 Å². The Balaban J connectivity index is 1.69. The zero-order valence-electron chi connectivity index (χ0n) is 16.0. The molecular weight excluding hydrogens is 376 g/mol. The maximum absolute atomic E-state index is 12.4. The minimum Gasteiger partial charge on any atom is -0.449 e. The number of Topliss-reactive ketones (excluding diaryl/α,β-unsaturated/α-hetero) is 1. The van der Waals surface area contributed by atoms with Gasteiger partial charge in [-0.25, -0.2) is 4.79 Å². The third-order valence-corrected chi connectivity index (χ3v) is 4.52. The quantitative estimate of drug-likeness (QED) is 0.473. The van der Waals surface area contributed by atoms with E-state index >= 15 is 0 Å². The van der Waals surface area contributed by atoms with E-state index in [1.165, 1.54) is 45.2 Å². The van der Waals surface area contributed by atoms with Crippen molar-refractivity contribution in [3.05, 3.63) is 64.7 Å². The molecule has 0 spiro atoms. The maximum Gasteiger partial charge on any atom is 0.338 e. The molecule has 8 heteroatoms. The van der Waals surface area contributed by atoms with Gasteiger partial charge in [0, 0.05) is 18.3 Å². The molecule has 0 fully saturated rings. The van der Waals surface area contributed by atoms with Crippen molar-refractivity contribution in [2.45, 2.75) is 20.0 Å². The third kappa shape index (κ3) is 3.91. The summed E-state index contributed by atoms with van der Waals surface area (Å²) in [7, 11) is 1.36. The van der Waals surface area contributed by atoms with Crippen molar-refractivity contribution in [1.82, 2.24) is 4.90 Å². The van der Waals surface area contributed by atoms with Crippen LogP contribution in [-0.4, -0.2) is 47.5 Å². The van der Waals surface area contributed by atoms with Crippen molar-refractivity contribution in [3.8, 4) is 0 Å². The Bertz CT molecular complexity index is 1060. The van der Waals surface area contributed by atoms with Crippen LogP contribution in [0.3, 0.4) is 0 Å². The number of amides is 3. The van der Waals surface area contributed by atoms with E-state index in [9.17, 15) is 24.0 Å². The van der Waals surface area contributed by atoms with Crippen LogP contribution in [0.2, 0.25) is 0 Å². The van der Waals surface area contributed by atoms with Crippen LogP contribution in [0, 0.1) is 0 Å². The molecule has 0 aromatic heterocycles. The van der Waals surface area contributed by atoms with E-state index in [4.69, 9.17) is 4.74 Å². The molecule has 3 amide bonds. The van der Waals surface area contributed by atoms with Gasteiger partial charge in [0.25, 0.3) is 17.7 Å². The van der Waals surface area contributed by atoms with E-state index in [-0.39, 0.29) is 22.5 Å². The Morgan fingerprint density at radius 1 is 0.966 bits per heavy atom. The predicted octanol–water partition coefficient (Wildman–Crippen LogP) is 2.30. The van der Waals surface area contributed by atoms with Gasteiger partial charge in [0.1, 0.15) is 0 Å². The van der Waals surface area contributed by atoms with Gasteiger partial charge in [0.15, 0.2) is 11.9 Å². The minimum atomic E-state index is -1.13. The van der Waals surface area contributed by atoms with Crippen LogP contribution in [0.5, 0.6) is 0 Å². The Labute approximate surface area is 166 Å². The van der Waals surface area contributed by atoms with Crippen molar-refractivity contribution in [2.75, 3.05) is 12.4 Å². The number of ether oxygens (including phenoxy) is 1. The van der Waals surface area contributed by atoms with E-state index in [2.05, 4.69) is 5.32 Å². The zero-order valence-corrected chi connectivity index (χ0v) is 16.0. The first kappa shape index (κ1) is 19.9. The average Bonchev–Trinajstić information content (AvgIpc) is 2.91. The monoisotopic (exact) mass is 394 g/mol. The fourth-order valence-electron chi connectivity index (χ4n) is 2.83. The number of esters is 1. The number of imide groups is 1.